The van der Waals surface area contributed by atoms with E-state index in [2.05, 4.69) is 4.90 Å². The molecule has 0 bridgehead atoms. The second-order valence-corrected chi connectivity index (χ2v) is 4.71. The monoisotopic (exact) mass is 197 g/mol. The third-order valence-corrected chi connectivity index (χ3v) is 3.12. The predicted octanol–water partition coefficient (Wildman–Crippen LogP) is 2.48. The van der Waals surface area contributed by atoms with Gasteiger partial charge >= 0.3 is 0 Å². The van der Waals surface area contributed by atoms with Crippen molar-refractivity contribution in [3.8, 4) is 0 Å². The summed E-state index contributed by atoms with van der Waals surface area (Å²) in [5, 5.41) is 0. The number of Topliss-reactive ketones (excluding diaryl/α,β-unsaturated/α-hetero) is 1. The second-order valence-electron chi connectivity index (χ2n) is 4.71. The summed E-state index contributed by atoms with van der Waals surface area (Å²) in [5.41, 5.74) is 0. The third-order valence-electron chi connectivity index (χ3n) is 3.12. The average molecular weight is 197 g/mol. The van der Waals surface area contributed by atoms with Gasteiger partial charge in [0.15, 0.2) is 0 Å². The molecule has 1 rings (SSSR count). The lowest BCUT2D eigenvalue weighted by atomic mass is 9.93. The number of carbonyl (C=O) groups is 1. The molecule has 0 saturated heterocycles. The van der Waals surface area contributed by atoms with E-state index in [0.717, 1.165) is 25.8 Å². The van der Waals surface area contributed by atoms with Gasteiger partial charge in [-0.3, -0.25) is 4.79 Å². The average Bonchev–Trinajstić information content (AvgIpc) is 2.42. The zero-order valence-electron chi connectivity index (χ0n) is 9.59. The first-order valence-electron chi connectivity index (χ1n) is 5.87. The van der Waals surface area contributed by atoms with E-state index in [-0.39, 0.29) is 0 Å². The van der Waals surface area contributed by atoms with E-state index in [9.17, 15) is 4.79 Å². The number of ketones is 1. The molecule has 0 unspecified atom stereocenters. The van der Waals surface area contributed by atoms with Crippen molar-refractivity contribution in [2.24, 2.45) is 5.92 Å². The molecule has 82 valence electrons. The Bertz CT molecular complexity index is 169. The third kappa shape index (κ3) is 4.23. The van der Waals surface area contributed by atoms with Crippen molar-refractivity contribution >= 4 is 5.78 Å². The summed E-state index contributed by atoms with van der Waals surface area (Å²) in [5.74, 6) is 0.887. The molecule has 0 aliphatic heterocycles. The largest absolute Gasteiger partial charge is 0.309 e. The van der Waals surface area contributed by atoms with E-state index in [1.165, 1.54) is 25.7 Å². The van der Waals surface area contributed by atoms with E-state index in [1.54, 1.807) is 0 Å². The Labute approximate surface area is 87.7 Å². The first kappa shape index (κ1) is 11.7. The summed E-state index contributed by atoms with van der Waals surface area (Å²) in [6.07, 6.45) is 8.22. The molecule has 0 amide bonds. The summed E-state index contributed by atoms with van der Waals surface area (Å²) in [4.78, 5) is 13.9. The van der Waals surface area contributed by atoms with E-state index >= 15 is 0 Å². The quantitative estimate of drug-likeness (QED) is 0.645. The second kappa shape index (κ2) is 6.18. The molecule has 0 atom stereocenters. The van der Waals surface area contributed by atoms with Gasteiger partial charge in [0, 0.05) is 18.9 Å². The molecule has 0 aromatic carbocycles. The molecule has 2 heteroatoms. The van der Waals surface area contributed by atoms with Crippen LogP contribution in [0.5, 0.6) is 0 Å². The molecule has 1 fully saturated rings. The Morgan fingerprint density at radius 1 is 1.14 bits per heavy atom. The van der Waals surface area contributed by atoms with Gasteiger partial charge in [0.25, 0.3) is 0 Å². The van der Waals surface area contributed by atoms with Crippen LogP contribution >= 0.6 is 0 Å². The molecule has 0 heterocycles. The van der Waals surface area contributed by atoms with Crippen molar-refractivity contribution in [2.45, 2.75) is 44.9 Å². The van der Waals surface area contributed by atoms with Crippen LogP contribution in [0.2, 0.25) is 0 Å². The zero-order valence-corrected chi connectivity index (χ0v) is 9.59. The maximum absolute atomic E-state index is 11.8. The van der Waals surface area contributed by atoms with Crippen molar-refractivity contribution in [1.82, 2.24) is 4.90 Å². The molecule has 0 aromatic rings. The molecule has 1 aliphatic carbocycles. The molecule has 0 N–H and O–H groups in total. The van der Waals surface area contributed by atoms with E-state index in [1.807, 2.05) is 14.1 Å². The number of hydrogen-bond donors (Lipinski definition) is 0. The predicted molar refractivity (Wildman–Crippen MR) is 59.4 cm³/mol. The fraction of sp³-hybridized carbons (Fsp3) is 0.917. The van der Waals surface area contributed by atoms with Crippen LogP contribution in [0, 0.1) is 5.92 Å². The van der Waals surface area contributed by atoms with Crippen LogP contribution in [0.3, 0.4) is 0 Å². The Hall–Kier alpha value is -0.370. The van der Waals surface area contributed by atoms with Gasteiger partial charge < -0.3 is 4.90 Å². The molecule has 0 spiro atoms. The number of nitrogens with zero attached hydrogens (tertiary/aromatic N) is 1. The smallest absolute Gasteiger partial charge is 0.137 e. The minimum Gasteiger partial charge on any atom is -0.309 e. The summed E-state index contributed by atoms with van der Waals surface area (Å²) < 4.78 is 0. The van der Waals surface area contributed by atoms with Gasteiger partial charge in [-0.05, 0) is 26.9 Å². The topological polar surface area (TPSA) is 20.3 Å². The minimum absolute atomic E-state index is 0.387. The van der Waals surface area contributed by atoms with Crippen LogP contribution in [-0.4, -0.2) is 31.3 Å². The highest BCUT2D eigenvalue weighted by atomic mass is 16.1. The van der Waals surface area contributed by atoms with Crippen LogP contribution in [0.1, 0.15) is 44.9 Å². The maximum atomic E-state index is 11.8. The Morgan fingerprint density at radius 3 is 2.21 bits per heavy atom. The molecule has 1 saturated carbocycles. The zero-order chi connectivity index (χ0) is 10.4. The van der Waals surface area contributed by atoms with Crippen LogP contribution in [0.4, 0.5) is 0 Å². The molecule has 1 aliphatic rings. The van der Waals surface area contributed by atoms with Crippen LogP contribution in [0.25, 0.3) is 0 Å². The first-order valence-corrected chi connectivity index (χ1v) is 5.87. The number of rotatable bonds is 4. The fourth-order valence-corrected chi connectivity index (χ4v) is 2.14. The van der Waals surface area contributed by atoms with E-state index in [4.69, 9.17) is 0 Å². The summed E-state index contributed by atoms with van der Waals surface area (Å²) in [7, 11) is 4.06. The summed E-state index contributed by atoms with van der Waals surface area (Å²) >= 11 is 0. The van der Waals surface area contributed by atoms with Crippen LogP contribution in [0.15, 0.2) is 0 Å². The molecule has 2 nitrogen and oxygen atoms in total. The normalized spacial score (nSPS) is 19.6. The van der Waals surface area contributed by atoms with Crippen LogP contribution < -0.4 is 0 Å². The van der Waals surface area contributed by atoms with Crippen LogP contribution in [-0.2, 0) is 4.79 Å². The van der Waals surface area contributed by atoms with Gasteiger partial charge in [-0.15, -0.1) is 0 Å². The molecular formula is C12H23NO. The van der Waals surface area contributed by atoms with Gasteiger partial charge in [-0.25, -0.2) is 0 Å². The Balaban J connectivity index is 2.27. The van der Waals surface area contributed by atoms with Crippen molar-refractivity contribution in [3.05, 3.63) is 0 Å². The summed E-state index contributed by atoms with van der Waals surface area (Å²) in [6.45, 7) is 0.912. The van der Waals surface area contributed by atoms with Crippen molar-refractivity contribution in [3.63, 3.8) is 0 Å². The first-order chi connectivity index (χ1) is 6.70. The lowest BCUT2D eigenvalue weighted by Gasteiger charge is -2.14. The van der Waals surface area contributed by atoms with Gasteiger partial charge in [0.05, 0.1) is 0 Å². The van der Waals surface area contributed by atoms with E-state index < -0.39 is 0 Å². The van der Waals surface area contributed by atoms with Gasteiger partial charge in [0.1, 0.15) is 5.78 Å². The van der Waals surface area contributed by atoms with Crippen molar-refractivity contribution in [1.29, 1.82) is 0 Å². The van der Waals surface area contributed by atoms with Gasteiger partial charge in [-0.1, -0.05) is 25.7 Å². The van der Waals surface area contributed by atoms with E-state index in [0.29, 0.717) is 11.7 Å². The molecular weight excluding hydrogens is 174 g/mol. The number of carbonyl (C=O) groups excluding carboxylic acids is 1. The van der Waals surface area contributed by atoms with Crippen molar-refractivity contribution < 1.29 is 4.79 Å². The highest BCUT2D eigenvalue weighted by Gasteiger charge is 2.19. The Kier molecular flexibility index (Phi) is 5.16. The fourth-order valence-electron chi connectivity index (χ4n) is 2.14. The highest BCUT2D eigenvalue weighted by Crippen LogP contribution is 2.24. The van der Waals surface area contributed by atoms with Gasteiger partial charge in [-0.2, -0.15) is 0 Å². The minimum atomic E-state index is 0.387. The van der Waals surface area contributed by atoms with Gasteiger partial charge in [0.2, 0.25) is 0 Å². The van der Waals surface area contributed by atoms with Crippen molar-refractivity contribution in [2.75, 3.05) is 20.6 Å². The lowest BCUT2D eigenvalue weighted by Crippen LogP contribution is -2.21. The number of hydrogen-bond acceptors (Lipinski definition) is 2. The Morgan fingerprint density at radius 2 is 1.71 bits per heavy atom. The summed E-state index contributed by atoms with van der Waals surface area (Å²) in [6, 6.07) is 0. The lowest BCUT2D eigenvalue weighted by molar-refractivity contribution is -0.123. The standard InChI is InChI=1S/C12H23NO/c1-13(2)10-9-12(14)11-7-5-3-4-6-8-11/h11H,3-10H2,1-2H3. The molecule has 0 radical (unpaired) electrons. The highest BCUT2D eigenvalue weighted by molar-refractivity contribution is 5.81. The maximum Gasteiger partial charge on any atom is 0.137 e. The molecule has 0 aromatic heterocycles. The molecule has 14 heavy (non-hydrogen) atoms. The SMILES string of the molecule is CN(C)CCC(=O)C1CCCCCC1.